The zero-order valence-corrected chi connectivity index (χ0v) is 14.1. The van der Waals surface area contributed by atoms with Crippen molar-refractivity contribution in [3.05, 3.63) is 40.2 Å². The maximum Gasteiger partial charge on any atom is 0.293 e. The van der Waals surface area contributed by atoms with Crippen LogP contribution in [0.3, 0.4) is 0 Å². The molecule has 2 aliphatic rings. The van der Waals surface area contributed by atoms with Crippen LogP contribution in [-0.4, -0.2) is 45.7 Å². The molecule has 0 N–H and O–H groups in total. The van der Waals surface area contributed by atoms with Crippen LogP contribution < -0.4 is 15.4 Å². The van der Waals surface area contributed by atoms with Crippen molar-refractivity contribution in [2.75, 3.05) is 36.0 Å². The van der Waals surface area contributed by atoms with Crippen LogP contribution in [-0.2, 0) is 0 Å². The Morgan fingerprint density at radius 3 is 2.25 bits per heavy atom. The van der Waals surface area contributed by atoms with E-state index >= 15 is 0 Å². The van der Waals surface area contributed by atoms with E-state index in [0.717, 1.165) is 56.4 Å². The van der Waals surface area contributed by atoms with Gasteiger partial charge in [-0.15, -0.1) is 0 Å². The molecule has 2 aromatic rings. The number of rotatable bonds is 3. The van der Waals surface area contributed by atoms with E-state index in [1.807, 2.05) is 30.7 Å². The van der Waals surface area contributed by atoms with E-state index in [2.05, 4.69) is 24.8 Å². The zero-order chi connectivity index (χ0) is 16.7. The molecule has 0 atom stereocenters. The Morgan fingerprint density at radius 1 is 1.00 bits per heavy atom. The molecule has 0 radical (unpaired) electrons. The summed E-state index contributed by atoms with van der Waals surface area (Å²) in [5.41, 5.74) is 2.00. The second-order valence-corrected chi connectivity index (χ2v) is 6.62. The molecule has 0 spiro atoms. The Labute approximate surface area is 141 Å². The molecule has 0 amide bonds. The first-order chi connectivity index (χ1) is 11.6. The Hall–Kier alpha value is -2.44. The van der Waals surface area contributed by atoms with E-state index < -0.39 is 0 Å². The lowest BCUT2D eigenvalue weighted by atomic mass is 10.3. The molecule has 24 heavy (non-hydrogen) atoms. The third-order valence-corrected chi connectivity index (χ3v) is 4.62. The van der Waals surface area contributed by atoms with Gasteiger partial charge < -0.3 is 14.4 Å². The summed E-state index contributed by atoms with van der Waals surface area (Å²) in [6.45, 7) is 7.08. The summed E-state index contributed by atoms with van der Waals surface area (Å²) >= 11 is 0. The number of hydrogen-bond acceptors (Lipinski definition) is 6. The number of anilines is 2. The minimum atomic E-state index is 0.0381. The highest BCUT2D eigenvalue weighted by Gasteiger charge is 2.27. The smallest absolute Gasteiger partial charge is 0.293 e. The largest absolute Gasteiger partial charge is 0.348 e. The van der Waals surface area contributed by atoms with Crippen LogP contribution in [0, 0.1) is 13.8 Å². The molecule has 1 aliphatic carbocycles. The van der Waals surface area contributed by atoms with Gasteiger partial charge in [0.2, 0.25) is 5.95 Å². The number of hydrogen-bond donors (Lipinski definition) is 0. The van der Waals surface area contributed by atoms with Gasteiger partial charge in [0.25, 0.3) is 5.56 Å². The molecule has 7 nitrogen and oxygen atoms in total. The SMILES string of the molecule is Cc1cc(C)nc(N2CCN(c3nccn(C4CC4)c3=O)CC2)n1. The van der Waals surface area contributed by atoms with Crippen molar-refractivity contribution in [1.29, 1.82) is 0 Å². The molecule has 0 aromatic carbocycles. The molecule has 1 saturated carbocycles. The molecule has 0 unspecified atom stereocenters. The van der Waals surface area contributed by atoms with Crippen LogP contribution >= 0.6 is 0 Å². The first-order valence-corrected chi connectivity index (χ1v) is 8.51. The predicted octanol–water partition coefficient (Wildman–Crippen LogP) is 1.31. The molecular formula is C17H22N6O. The van der Waals surface area contributed by atoms with Gasteiger partial charge in [-0.1, -0.05) is 0 Å². The highest BCUT2D eigenvalue weighted by atomic mass is 16.1. The number of aromatic nitrogens is 4. The second kappa shape index (κ2) is 5.89. The van der Waals surface area contributed by atoms with Crippen molar-refractivity contribution in [2.45, 2.75) is 32.7 Å². The average molecular weight is 326 g/mol. The summed E-state index contributed by atoms with van der Waals surface area (Å²) in [7, 11) is 0. The van der Waals surface area contributed by atoms with Gasteiger partial charge in [0, 0.05) is 56.0 Å². The highest BCUT2D eigenvalue weighted by molar-refractivity contribution is 5.41. The number of nitrogens with zero attached hydrogens (tertiary/aromatic N) is 6. The molecule has 2 fully saturated rings. The number of aryl methyl sites for hydroxylation is 2. The Balaban J connectivity index is 1.50. The third kappa shape index (κ3) is 2.86. The van der Waals surface area contributed by atoms with Crippen LogP contribution in [0.25, 0.3) is 0 Å². The van der Waals surface area contributed by atoms with Crippen molar-refractivity contribution in [3.8, 4) is 0 Å². The molecule has 4 rings (SSSR count). The van der Waals surface area contributed by atoms with Crippen molar-refractivity contribution < 1.29 is 0 Å². The van der Waals surface area contributed by atoms with E-state index in [1.54, 1.807) is 6.20 Å². The summed E-state index contributed by atoms with van der Waals surface area (Å²) in [5, 5.41) is 0. The van der Waals surface area contributed by atoms with Crippen LogP contribution in [0.2, 0.25) is 0 Å². The summed E-state index contributed by atoms with van der Waals surface area (Å²) in [6.07, 6.45) is 5.75. The highest BCUT2D eigenvalue weighted by Crippen LogP contribution is 2.33. The Kier molecular flexibility index (Phi) is 3.70. The van der Waals surface area contributed by atoms with Gasteiger partial charge in [-0.2, -0.15) is 0 Å². The van der Waals surface area contributed by atoms with E-state index in [4.69, 9.17) is 0 Å². The summed E-state index contributed by atoms with van der Waals surface area (Å²) < 4.78 is 1.84. The van der Waals surface area contributed by atoms with Crippen molar-refractivity contribution in [1.82, 2.24) is 19.5 Å². The van der Waals surface area contributed by atoms with Gasteiger partial charge >= 0.3 is 0 Å². The van der Waals surface area contributed by atoms with Crippen molar-refractivity contribution in [3.63, 3.8) is 0 Å². The van der Waals surface area contributed by atoms with E-state index in [0.29, 0.717) is 11.9 Å². The van der Waals surface area contributed by atoms with Crippen molar-refractivity contribution >= 4 is 11.8 Å². The molecule has 1 saturated heterocycles. The summed E-state index contributed by atoms with van der Waals surface area (Å²) in [6, 6.07) is 2.36. The lowest BCUT2D eigenvalue weighted by Crippen LogP contribution is -2.49. The summed E-state index contributed by atoms with van der Waals surface area (Å²) in [5.74, 6) is 1.36. The second-order valence-electron chi connectivity index (χ2n) is 6.62. The first kappa shape index (κ1) is 15.1. The molecule has 126 valence electrons. The van der Waals surface area contributed by atoms with Crippen LogP contribution in [0.15, 0.2) is 23.3 Å². The minimum Gasteiger partial charge on any atom is -0.348 e. The molecule has 7 heteroatoms. The van der Waals surface area contributed by atoms with Gasteiger partial charge in [0.1, 0.15) is 0 Å². The van der Waals surface area contributed by atoms with E-state index in [1.165, 1.54) is 0 Å². The van der Waals surface area contributed by atoms with Crippen LogP contribution in [0.5, 0.6) is 0 Å². The quantitative estimate of drug-likeness (QED) is 0.847. The Bertz CT molecular complexity index is 785. The Morgan fingerprint density at radius 2 is 1.62 bits per heavy atom. The summed E-state index contributed by atoms with van der Waals surface area (Å²) in [4.78, 5) is 30.3. The van der Waals surface area contributed by atoms with E-state index in [-0.39, 0.29) is 5.56 Å². The number of piperazine rings is 1. The van der Waals surface area contributed by atoms with Crippen LogP contribution in [0.4, 0.5) is 11.8 Å². The van der Waals surface area contributed by atoms with Gasteiger partial charge in [-0.25, -0.2) is 15.0 Å². The van der Waals surface area contributed by atoms with Crippen molar-refractivity contribution in [2.24, 2.45) is 0 Å². The minimum absolute atomic E-state index is 0.0381. The topological polar surface area (TPSA) is 67.2 Å². The van der Waals surface area contributed by atoms with E-state index in [9.17, 15) is 4.79 Å². The molecule has 1 aliphatic heterocycles. The first-order valence-electron chi connectivity index (χ1n) is 8.51. The third-order valence-electron chi connectivity index (χ3n) is 4.62. The average Bonchev–Trinajstić information content (AvgIpc) is 3.39. The zero-order valence-electron chi connectivity index (χ0n) is 14.1. The van der Waals surface area contributed by atoms with Gasteiger partial charge in [0.05, 0.1) is 0 Å². The lowest BCUT2D eigenvalue weighted by Gasteiger charge is -2.35. The predicted molar refractivity (Wildman–Crippen MR) is 92.7 cm³/mol. The lowest BCUT2D eigenvalue weighted by molar-refractivity contribution is 0.618. The molecular weight excluding hydrogens is 304 g/mol. The van der Waals surface area contributed by atoms with Gasteiger partial charge in [-0.05, 0) is 32.8 Å². The van der Waals surface area contributed by atoms with Gasteiger partial charge in [-0.3, -0.25) is 4.79 Å². The molecule has 3 heterocycles. The normalized spacial score (nSPS) is 18.1. The maximum atomic E-state index is 12.6. The van der Waals surface area contributed by atoms with Crippen LogP contribution in [0.1, 0.15) is 30.3 Å². The molecule has 2 aromatic heterocycles. The monoisotopic (exact) mass is 326 g/mol. The fourth-order valence-electron chi connectivity index (χ4n) is 3.24. The maximum absolute atomic E-state index is 12.6. The fraction of sp³-hybridized carbons (Fsp3) is 0.529. The van der Waals surface area contributed by atoms with Gasteiger partial charge in [0.15, 0.2) is 5.82 Å². The standard InChI is InChI=1S/C17H22N6O/c1-12-11-13(2)20-17(19-12)22-9-7-21(8-10-22)15-16(24)23(6-5-18-15)14-3-4-14/h5-6,11,14H,3-4,7-10H2,1-2H3. The fourth-order valence-corrected chi connectivity index (χ4v) is 3.24. The molecule has 0 bridgehead atoms.